The molecule has 0 spiro atoms. The first kappa shape index (κ1) is 15.8. The highest BCUT2D eigenvalue weighted by Crippen LogP contribution is 2.37. The Labute approximate surface area is 130 Å². The van der Waals surface area contributed by atoms with Gasteiger partial charge in [-0.05, 0) is 30.7 Å². The summed E-state index contributed by atoms with van der Waals surface area (Å²) in [5, 5.41) is 0. The first-order valence-electron chi connectivity index (χ1n) is 6.52. The van der Waals surface area contributed by atoms with Gasteiger partial charge in [0.25, 0.3) is 0 Å². The summed E-state index contributed by atoms with van der Waals surface area (Å²) < 4.78 is 34.8. The van der Waals surface area contributed by atoms with E-state index in [1.165, 1.54) is 6.07 Å². The number of hydrogen-bond acceptors (Lipinski definition) is 2. The van der Waals surface area contributed by atoms with Crippen molar-refractivity contribution in [1.29, 1.82) is 0 Å². The van der Waals surface area contributed by atoms with Crippen LogP contribution < -0.4 is 9.47 Å². The molecule has 0 aliphatic heterocycles. The zero-order chi connectivity index (χ0) is 15.2. The number of para-hydroxylation sites is 1. The zero-order valence-corrected chi connectivity index (χ0v) is 13.0. The van der Waals surface area contributed by atoms with Crippen LogP contribution in [-0.4, -0.2) is 13.2 Å². The smallest absolute Gasteiger partial charge is 0.387 e. The maximum absolute atomic E-state index is 12.5. The lowest BCUT2D eigenvalue weighted by Gasteiger charge is -2.16. The second kappa shape index (κ2) is 7.41. The second-order valence-corrected chi connectivity index (χ2v) is 5.20. The first-order chi connectivity index (χ1) is 10.1. The summed E-state index contributed by atoms with van der Waals surface area (Å²) in [6, 6.07) is 14.2. The fourth-order valence-corrected chi connectivity index (χ4v) is 2.66. The quantitative estimate of drug-likeness (QED) is 0.664. The molecule has 1 atom stereocenters. The molecule has 0 saturated heterocycles. The van der Waals surface area contributed by atoms with Gasteiger partial charge in [0, 0.05) is 5.56 Å². The molecule has 0 radical (unpaired) electrons. The lowest BCUT2D eigenvalue weighted by molar-refractivity contribution is -0.0503. The molecule has 0 amide bonds. The highest BCUT2D eigenvalue weighted by Gasteiger charge is 2.17. The number of rotatable bonds is 6. The molecular formula is C16H15BrF2O2. The van der Waals surface area contributed by atoms with E-state index in [4.69, 9.17) is 4.74 Å². The van der Waals surface area contributed by atoms with Crippen molar-refractivity contribution in [3.8, 4) is 11.5 Å². The third-order valence-corrected chi connectivity index (χ3v) is 3.91. The Kier molecular flexibility index (Phi) is 5.56. The minimum Gasteiger partial charge on any atom is -0.494 e. The maximum atomic E-state index is 12.5. The third-order valence-electron chi connectivity index (χ3n) is 2.89. The van der Waals surface area contributed by atoms with Crippen molar-refractivity contribution in [3.63, 3.8) is 0 Å². The van der Waals surface area contributed by atoms with Crippen molar-refractivity contribution in [2.75, 3.05) is 6.61 Å². The van der Waals surface area contributed by atoms with E-state index in [1.807, 2.05) is 31.2 Å². The molecule has 2 aromatic rings. The van der Waals surface area contributed by atoms with Gasteiger partial charge in [-0.1, -0.05) is 46.3 Å². The molecule has 2 aromatic carbocycles. The molecule has 0 aliphatic carbocycles. The van der Waals surface area contributed by atoms with Gasteiger partial charge in [0.15, 0.2) is 0 Å². The van der Waals surface area contributed by atoms with E-state index in [0.29, 0.717) is 12.2 Å². The molecule has 1 unspecified atom stereocenters. The van der Waals surface area contributed by atoms with Gasteiger partial charge >= 0.3 is 6.61 Å². The van der Waals surface area contributed by atoms with E-state index >= 15 is 0 Å². The standard InChI is InChI=1S/C16H15BrF2O2/c1-2-20-12-9-7-11(8-10-12)15(17)13-5-3-4-6-14(13)21-16(18)19/h3-10,15-16H,2H2,1H3. The Morgan fingerprint density at radius 1 is 1.05 bits per heavy atom. The van der Waals surface area contributed by atoms with E-state index in [1.54, 1.807) is 18.2 Å². The van der Waals surface area contributed by atoms with Crippen molar-refractivity contribution in [2.24, 2.45) is 0 Å². The van der Waals surface area contributed by atoms with Gasteiger partial charge in [-0.2, -0.15) is 8.78 Å². The van der Waals surface area contributed by atoms with Crippen LogP contribution in [0, 0.1) is 0 Å². The van der Waals surface area contributed by atoms with Crippen LogP contribution in [0.2, 0.25) is 0 Å². The molecule has 2 nitrogen and oxygen atoms in total. The van der Waals surface area contributed by atoms with Gasteiger partial charge in [-0.3, -0.25) is 0 Å². The van der Waals surface area contributed by atoms with E-state index < -0.39 is 6.61 Å². The van der Waals surface area contributed by atoms with E-state index in [9.17, 15) is 8.78 Å². The summed E-state index contributed by atoms with van der Waals surface area (Å²) in [4.78, 5) is -0.233. The Hall–Kier alpha value is -1.62. The highest BCUT2D eigenvalue weighted by molar-refractivity contribution is 9.09. The van der Waals surface area contributed by atoms with Crippen LogP contribution >= 0.6 is 15.9 Å². The summed E-state index contributed by atoms with van der Waals surface area (Å²) in [5.41, 5.74) is 1.59. The van der Waals surface area contributed by atoms with Gasteiger partial charge in [-0.25, -0.2) is 0 Å². The summed E-state index contributed by atoms with van der Waals surface area (Å²) in [7, 11) is 0. The fourth-order valence-electron chi connectivity index (χ4n) is 1.97. The topological polar surface area (TPSA) is 18.5 Å². The summed E-state index contributed by atoms with van der Waals surface area (Å²) in [6.07, 6.45) is 0. The molecule has 0 bridgehead atoms. The summed E-state index contributed by atoms with van der Waals surface area (Å²) in [5.74, 6) is 0.946. The molecule has 0 N–H and O–H groups in total. The van der Waals surface area contributed by atoms with Crippen LogP contribution in [0.1, 0.15) is 22.9 Å². The van der Waals surface area contributed by atoms with Crippen molar-refractivity contribution < 1.29 is 18.3 Å². The maximum Gasteiger partial charge on any atom is 0.387 e. The minimum atomic E-state index is -2.84. The van der Waals surface area contributed by atoms with Crippen LogP contribution in [0.5, 0.6) is 11.5 Å². The average molecular weight is 357 g/mol. The predicted octanol–water partition coefficient (Wildman–Crippen LogP) is 5.17. The van der Waals surface area contributed by atoms with Crippen molar-refractivity contribution in [1.82, 2.24) is 0 Å². The van der Waals surface area contributed by atoms with Gasteiger partial charge < -0.3 is 9.47 Å². The monoisotopic (exact) mass is 356 g/mol. The first-order valence-corrected chi connectivity index (χ1v) is 7.44. The minimum absolute atomic E-state index is 0.170. The number of hydrogen-bond donors (Lipinski definition) is 0. The number of halogens is 3. The molecule has 5 heteroatoms. The highest BCUT2D eigenvalue weighted by atomic mass is 79.9. The SMILES string of the molecule is CCOc1ccc(C(Br)c2ccccc2OC(F)F)cc1. The van der Waals surface area contributed by atoms with Crippen LogP contribution in [0.3, 0.4) is 0 Å². The number of alkyl halides is 3. The largest absolute Gasteiger partial charge is 0.494 e. The Balaban J connectivity index is 2.24. The molecule has 0 fully saturated rings. The molecular weight excluding hydrogens is 342 g/mol. The molecule has 21 heavy (non-hydrogen) atoms. The van der Waals surface area contributed by atoms with Crippen molar-refractivity contribution in [3.05, 3.63) is 59.7 Å². The molecule has 0 aromatic heterocycles. The lowest BCUT2D eigenvalue weighted by Crippen LogP contribution is -2.05. The summed E-state index contributed by atoms with van der Waals surface area (Å²) >= 11 is 3.53. The van der Waals surface area contributed by atoms with Gasteiger partial charge in [0.1, 0.15) is 11.5 Å². The number of benzene rings is 2. The Morgan fingerprint density at radius 3 is 2.33 bits per heavy atom. The van der Waals surface area contributed by atoms with Crippen LogP contribution in [0.4, 0.5) is 8.78 Å². The Morgan fingerprint density at radius 2 is 1.71 bits per heavy atom. The molecule has 2 rings (SSSR count). The van der Waals surface area contributed by atoms with Crippen molar-refractivity contribution >= 4 is 15.9 Å². The Bertz CT molecular complexity index is 573. The van der Waals surface area contributed by atoms with Crippen LogP contribution in [0.15, 0.2) is 48.5 Å². The molecule has 0 saturated carbocycles. The van der Waals surface area contributed by atoms with E-state index in [-0.39, 0.29) is 10.6 Å². The van der Waals surface area contributed by atoms with E-state index in [0.717, 1.165) is 11.3 Å². The number of ether oxygens (including phenoxy) is 2. The van der Waals surface area contributed by atoms with Gasteiger partial charge in [0.2, 0.25) is 0 Å². The lowest BCUT2D eigenvalue weighted by atomic mass is 10.0. The fraction of sp³-hybridized carbons (Fsp3) is 0.250. The van der Waals surface area contributed by atoms with Crippen LogP contribution in [0.25, 0.3) is 0 Å². The van der Waals surface area contributed by atoms with Crippen LogP contribution in [-0.2, 0) is 0 Å². The molecule has 112 valence electrons. The van der Waals surface area contributed by atoms with Gasteiger partial charge in [-0.15, -0.1) is 0 Å². The average Bonchev–Trinajstić information content (AvgIpc) is 2.48. The molecule has 0 heterocycles. The second-order valence-electron chi connectivity index (χ2n) is 4.28. The normalized spacial score (nSPS) is 12.2. The zero-order valence-electron chi connectivity index (χ0n) is 11.4. The third kappa shape index (κ3) is 4.17. The predicted molar refractivity (Wildman–Crippen MR) is 81.5 cm³/mol. The van der Waals surface area contributed by atoms with E-state index in [2.05, 4.69) is 20.7 Å². The summed E-state index contributed by atoms with van der Waals surface area (Å²) in [6.45, 7) is -0.326. The van der Waals surface area contributed by atoms with Gasteiger partial charge in [0.05, 0.1) is 11.4 Å². The van der Waals surface area contributed by atoms with Crippen molar-refractivity contribution in [2.45, 2.75) is 18.4 Å². The molecule has 0 aliphatic rings.